The maximum atomic E-state index is 11.5. The third-order valence-electron chi connectivity index (χ3n) is 2.55. The molecule has 0 saturated heterocycles. The van der Waals surface area contributed by atoms with Crippen molar-refractivity contribution in [1.29, 1.82) is 0 Å². The van der Waals surface area contributed by atoms with Crippen molar-refractivity contribution in [2.24, 2.45) is 0 Å². The van der Waals surface area contributed by atoms with Crippen LogP contribution in [0.2, 0.25) is 0 Å². The van der Waals surface area contributed by atoms with Gasteiger partial charge in [-0.25, -0.2) is 0 Å². The molecular formula is C12H27N3O. The average molecular weight is 229 g/mol. The molecule has 0 heterocycles. The first-order valence-electron chi connectivity index (χ1n) is 6.36. The molecule has 0 aliphatic rings. The second-order valence-electron chi connectivity index (χ2n) is 4.13. The summed E-state index contributed by atoms with van der Waals surface area (Å²) in [5.74, 6) is 0.0908. The van der Waals surface area contributed by atoms with E-state index in [1.165, 1.54) is 0 Å². The first-order valence-corrected chi connectivity index (χ1v) is 6.36. The standard InChI is InChI=1S/C12H27N3O/c1-5-8-13-9-12(16)14-11(4)10-15(6-2)7-3/h11,13H,5-10H2,1-4H3,(H,14,16). The molecule has 0 aliphatic heterocycles. The summed E-state index contributed by atoms with van der Waals surface area (Å²) in [4.78, 5) is 13.8. The quantitative estimate of drug-likeness (QED) is 0.576. The Labute approximate surface area is 99.8 Å². The minimum absolute atomic E-state index is 0.0908. The van der Waals surface area contributed by atoms with Gasteiger partial charge in [-0.15, -0.1) is 0 Å². The van der Waals surface area contributed by atoms with Gasteiger partial charge in [0.15, 0.2) is 0 Å². The molecule has 4 nitrogen and oxygen atoms in total. The Bertz CT molecular complexity index is 181. The Morgan fingerprint density at radius 2 is 1.88 bits per heavy atom. The molecule has 0 aromatic rings. The van der Waals surface area contributed by atoms with Gasteiger partial charge in [0.1, 0.15) is 0 Å². The van der Waals surface area contributed by atoms with E-state index in [2.05, 4.69) is 43.2 Å². The van der Waals surface area contributed by atoms with E-state index < -0.39 is 0 Å². The van der Waals surface area contributed by atoms with Crippen LogP contribution >= 0.6 is 0 Å². The summed E-state index contributed by atoms with van der Waals surface area (Å²) in [6, 6.07) is 0.218. The summed E-state index contributed by atoms with van der Waals surface area (Å²) in [5.41, 5.74) is 0. The van der Waals surface area contributed by atoms with Gasteiger partial charge in [0.2, 0.25) is 5.91 Å². The molecule has 1 unspecified atom stereocenters. The van der Waals surface area contributed by atoms with E-state index in [0.717, 1.165) is 32.6 Å². The van der Waals surface area contributed by atoms with Gasteiger partial charge in [0.05, 0.1) is 6.54 Å². The lowest BCUT2D eigenvalue weighted by atomic mass is 10.3. The SMILES string of the molecule is CCCNCC(=O)NC(C)CN(CC)CC. The zero-order valence-electron chi connectivity index (χ0n) is 11.2. The second kappa shape index (κ2) is 9.60. The normalized spacial score (nSPS) is 12.8. The highest BCUT2D eigenvalue weighted by Crippen LogP contribution is 1.91. The highest BCUT2D eigenvalue weighted by molar-refractivity contribution is 5.78. The number of rotatable bonds is 9. The topological polar surface area (TPSA) is 44.4 Å². The van der Waals surface area contributed by atoms with E-state index in [0.29, 0.717) is 6.54 Å². The van der Waals surface area contributed by atoms with Crippen molar-refractivity contribution < 1.29 is 4.79 Å². The number of carbonyl (C=O) groups excluding carboxylic acids is 1. The lowest BCUT2D eigenvalue weighted by Gasteiger charge is -2.23. The van der Waals surface area contributed by atoms with Crippen molar-refractivity contribution in [3.05, 3.63) is 0 Å². The molecule has 0 aromatic carbocycles. The van der Waals surface area contributed by atoms with Crippen molar-refractivity contribution in [2.75, 3.05) is 32.7 Å². The summed E-state index contributed by atoms with van der Waals surface area (Å²) in [6.07, 6.45) is 1.06. The predicted octanol–water partition coefficient (Wildman–Crippen LogP) is 0.833. The van der Waals surface area contributed by atoms with E-state index >= 15 is 0 Å². The van der Waals surface area contributed by atoms with Gasteiger partial charge >= 0.3 is 0 Å². The van der Waals surface area contributed by atoms with Crippen LogP contribution in [0.1, 0.15) is 34.1 Å². The monoisotopic (exact) mass is 229 g/mol. The van der Waals surface area contributed by atoms with Gasteiger partial charge in [0, 0.05) is 12.6 Å². The number of nitrogens with one attached hydrogen (secondary N) is 2. The van der Waals surface area contributed by atoms with Crippen LogP contribution in [0.5, 0.6) is 0 Å². The zero-order valence-corrected chi connectivity index (χ0v) is 11.2. The van der Waals surface area contributed by atoms with Crippen LogP contribution in [-0.2, 0) is 4.79 Å². The number of hydrogen-bond acceptors (Lipinski definition) is 3. The Morgan fingerprint density at radius 1 is 1.25 bits per heavy atom. The number of nitrogens with zero attached hydrogens (tertiary/aromatic N) is 1. The third kappa shape index (κ3) is 7.65. The first kappa shape index (κ1) is 15.4. The molecule has 16 heavy (non-hydrogen) atoms. The highest BCUT2D eigenvalue weighted by atomic mass is 16.1. The maximum Gasteiger partial charge on any atom is 0.234 e. The van der Waals surface area contributed by atoms with Crippen LogP contribution in [0, 0.1) is 0 Å². The van der Waals surface area contributed by atoms with E-state index in [-0.39, 0.29) is 11.9 Å². The molecule has 0 aromatic heterocycles. The molecule has 1 atom stereocenters. The van der Waals surface area contributed by atoms with E-state index in [4.69, 9.17) is 0 Å². The number of carbonyl (C=O) groups is 1. The fourth-order valence-corrected chi connectivity index (χ4v) is 1.62. The van der Waals surface area contributed by atoms with Gasteiger partial charge in [0.25, 0.3) is 0 Å². The smallest absolute Gasteiger partial charge is 0.234 e. The Balaban J connectivity index is 3.68. The summed E-state index contributed by atoms with van der Waals surface area (Å²) in [6.45, 7) is 12.7. The molecular weight excluding hydrogens is 202 g/mol. The average Bonchev–Trinajstić information content (AvgIpc) is 2.26. The highest BCUT2D eigenvalue weighted by Gasteiger charge is 2.09. The van der Waals surface area contributed by atoms with E-state index in [9.17, 15) is 4.79 Å². The Morgan fingerprint density at radius 3 is 2.38 bits per heavy atom. The molecule has 96 valence electrons. The summed E-state index contributed by atoms with van der Waals surface area (Å²) in [7, 11) is 0. The Kier molecular flexibility index (Phi) is 9.24. The van der Waals surface area contributed by atoms with Gasteiger partial charge in [-0.05, 0) is 33.0 Å². The van der Waals surface area contributed by atoms with E-state index in [1.54, 1.807) is 0 Å². The largest absolute Gasteiger partial charge is 0.351 e. The molecule has 0 rings (SSSR count). The zero-order chi connectivity index (χ0) is 12.4. The summed E-state index contributed by atoms with van der Waals surface area (Å²) >= 11 is 0. The molecule has 0 fully saturated rings. The van der Waals surface area contributed by atoms with Crippen LogP contribution in [0.4, 0.5) is 0 Å². The molecule has 0 radical (unpaired) electrons. The van der Waals surface area contributed by atoms with Gasteiger partial charge in [-0.2, -0.15) is 0 Å². The number of hydrogen-bond donors (Lipinski definition) is 2. The predicted molar refractivity (Wildman–Crippen MR) is 68.6 cm³/mol. The first-order chi connectivity index (χ1) is 7.63. The summed E-state index contributed by atoms with van der Waals surface area (Å²) in [5, 5.41) is 6.09. The van der Waals surface area contributed by atoms with Crippen molar-refractivity contribution in [1.82, 2.24) is 15.5 Å². The minimum atomic E-state index is 0.0908. The van der Waals surface area contributed by atoms with Crippen molar-refractivity contribution in [3.63, 3.8) is 0 Å². The van der Waals surface area contributed by atoms with Crippen molar-refractivity contribution >= 4 is 5.91 Å². The second-order valence-corrected chi connectivity index (χ2v) is 4.13. The third-order valence-corrected chi connectivity index (χ3v) is 2.55. The lowest BCUT2D eigenvalue weighted by molar-refractivity contribution is -0.120. The van der Waals surface area contributed by atoms with E-state index in [1.807, 2.05) is 0 Å². The number of likely N-dealkylation sites (N-methyl/N-ethyl adjacent to an activating group) is 1. The van der Waals surface area contributed by atoms with Crippen LogP contribution in [0.3, 0.4) is 0 Å². The van der Waals surface area contributed by atoms with Crippen LogP contribution < -0.4 is 10.6 Å². The molecule has 4 heteroatoms. The molecule has 1 amide bonds. The van der Waals surface area contributed by atoms with Gasteiger partial charge < -0.3 is 15.5 Å². The Hall–Kier alpha value is -0.610. The van der Waals surface area contributed by atoms with Crippen molar-refractivity contribution in [2.45, 2.75) is 40.2 Å². The van der Waals surface area contributed by atoms with Gasteiger partial charge in [-0.1, -0.05) is 20.8 Å². The molecule has 0 bridgehead atoms. The summed E-state index contributed by atoms with van der Waals surface area (Å²) < 4.78 is 0. The molecule has 0 aliphatic carbocycles. The number of amides is 1. The van der Waals surface area contributed by atoms with Crippen LogP contribution in [0.15, 0.2) is 0 Å². The van der Waals surface area contributed by atoms with Crippen molar-refractivity contribution in [3.8, 4) is 0 Å². The lowest BCUT2D eigenvalue weighted by Crippen LogP contribution is -2.45. The minimum Gasteiger partial charge on any atom is -0.351 e. The van der Waals surface area contributed by atoms with Crippen LogP contribution in [-0.4, -0.2) is 49.6 Å². The molecule has 2 N–H and O–H groups in total. The maximum absolute atomic E-state index is 11.5. The molecule has 0 saturated carbocycles. The van der Waals surface area contributed by atoms with Gasteiger partial charge in [-0.3, -0.25) is 4.79 Å². The fourth-order valence-electron chi connectivity index (χ4n) is 1.62. The fraction of sp³-hybridized carbons (Fsp3) is 0.917. The molecule has 0 spiro atoms. The van der Waals surface area contributed by atoms with Crippen LogP contribution in [0.25, 0.3) is 0 Å².